The number of nitrogens with one attached hydrogen (secondary N) is 2. The molecule has 0 aromatic heterocycles. The number of aliphatic hydroxyl groups is 1. The Hall–Kier alpha value is -0.650. The van der Waals surface area contributed by atoms with Crippen LogP contribution in [0.25, 0.3) is 0 Å². The van der Waals surface area contributed by atoms with Crippen molar-refractivity contribution in [1.29, 1.82) is 0 Å². The highest BCUT2D eigenvalue weighted by molar-refractivity contribution is 5.72. The highest BCUT2D eigenvalue weighted by Crippen LogP contribution is 2.28. The Kier molecular flexibility index (Phi) is 5.81. The molecule has 1 saturated carbocycles. The van der Waals surface area contributed by atoms with Crippen molar-refractivity contribution >= 4 is 5.91 Å². The van der Waals surface area contributed by atoms with Gasteiger partial charge in [-0.1, -0.05) is 0 Å². The topological polar surface area (TPSA) is 64.6 Å². The molecule has 3 unspecified atom stereocenters. The van der Waals surface area contributed by atoms with Gasteiger partial charge in [0, 0.05) is 39.1 Å². The Bertz CT molecular complexity index is 318. The van der Waals surface area contributed by atoms with Gasteiger partial charge in [-0.2, -0.15) is 0 Å². The predicted molar refractivity (Wildman–Crippen MR) is 79.4 cm³/mol. The summed E-state index contributed by atoms with van der Waals surface area (Å²) in [6, 6.07) is 0.473. The first kappa shape index (κ1) is 15.7. The maximum Gasteiger partial charge on any atom is 0.216 e. The number of hydrogen-bond acceptors (Lipinski definition) is 4. The second kappa shape index (κ2) is 7.38. The first-order valence-electron chi connectivity index (χ1n) is 7.93. The summed E-state index contributed by atoms with van der Waals surface area (Å²) in [5.74, 6) is 1.24. The second-order valence-corrected chi connectivity index (χ2v) is 6.53. The minimum absolute atomic E-state index is 0.0255. The molecule has 0 bridgehead atoms. The van der Waals surface area contributed by atoms with Crippen LogP contribution in [0.3, 0.4) is 0 Å². The van der Waals surface area contributed by atoms with Gasteiger partial charge in [0.15, 0.2) is 0 Å². The molecule has 0 spiro atoms. The fourth-order valence-corrected chi connectivity index (χ4v) is 2.96. The van der Waals surface area contributed by atoms with Crippen LogP contribution in [0.5, 0.6) is 0 Å². The molecule has 3 atom stereocenters. The van der Waals surface area contributed by atoms with Gasteiger partial charge in [-0.15, -0.1) is 0 Å². The number of piperidine rings is 1. The summed E-state index contributed by atoms with van der Waals surface area (Å²) in [7, 11) is 0. The Morgan fingerprint density at radius 1 is 1.40 bits per heavy atom. The normalized spacial score (nSPS) is 29.1. The third kappa shape index (κ3) is 5.38. The fourth-order valence-electron chi connectivity index (χ4n) is 2.96. The zero-order valence-electron chi connectivity index (χ0n) is 12.8. The Morgan fingerprint density at radius 3 is 2.75 bits per heavy atom. The first-order chi connectivity index (χ1) is 9.54. The molecule has 2 fully saturated rings. The third-order valence-corrected chi connectivity index (χ3v) is 4.43. The Morgan fingerprint density at radius 2 is 2.15 bits per heavy atom. The van der Waals surface area contributed by atoms with Gasteiger partial charge < -0.3 is 15.7 Å². The lowest BCUT2D eigenvalue weighted by Gasteiger charge is -2.39. The summed E-state index contributed by atoms with van der Waals surface area (Å²) >= 11 is 0. The maximum atomic E-state index is 10.9. The van der Waals surface area contributed by atoms with Crippen LogP contribution < -0.4 is 10.6 Å². The van der Waals surface area contributed by atoms with E-state index in [1.165, 1.54) is 12.8 Å². The van der Waals surface area contributed by atoms with E-state index < -0.39 is 0 Å². The molecule has 20 heavy (non-hydrogen) atoms. The van der Waals surface area contributed by atoms with E-state index in [0.717, 1.165) is 38.5 Å². The third-order valence-electron chi connectivity index (χ3n) is 4.43. The van der Waals surface area contributed by atoms with Crippen molar-refractivity contribution in [2.75, 3.05) is 32.7 Å². The Balaban J connectivity index is 1.77. The lowest BCUT2D eigenvalue weighted by atomic mass is 9.90. The molecule has 2 aliphatic rings. The molecule has 0 radical (unpaired) electrons. The van der Waals surface area contributed by atoms with Gasteiger partial charge in [0.05, 0.1) is 6.10 Å². The van der Waals surface area contributed by atoms with Crippen molar-refractivity contribution in [3.8, 4) is 0 Å². The monoisotopic (exact) mass is 283 g/mol. The molecule has 2 rings (SSSR count). The summed E-state index contributed by atoms with van der Waals surface area (Å²) < 4.78 is 0. The number of carbonyl (C=O) groups excluding carboxylic acids is 1. The molecular formula is C15H29N3O2. The number of carbonyl (C=O) groups is 1. The van der Waals surface area contributed by atoms with Crippen molar-refractivity contribution in [1.82, 2.24) is 15.5 Å². The van der Waals surface area contributed by atoms with E-state index in [9.17, 15) is 9.90 Å². The highest BCUT2D eigenvalue weighted by Gasteiger charge is 2.30. The van der Waals surface area contributed by atoms with Gasteiger partial charge in [-0.25, -0.2) is 0 Å². The highest BCUT2D eigenvalue weighted by atomic mass is 16.3. The molecule has 5 nitrogen and oxygen atoms in total. The van der Waals surface area contributed by atoms with Crippen molar-refractivity contribution in [3.63, 3.8) is 0 Å². The quantitative estimate of drug-likeness (QED) is 0.624. The smallest absolute Gasteiger partial charge is 0.216 e. The van der Waals surface area contributed by atoms with Gasteiger partial charge in [0.25, 0.3) is 0 Å². The molecule has 1 amide bonds. The van der Waals surface area contributed by atoms with Crippen LogP contribution in [0.15, 0.2) is 0 Å². The summed E-state index contributed by atoms with van der Waals surface area (Å²) in [6.45, 7) is 8.07. The number of nitrogens with zero attached hydrogens (tertiary/aromatic N) is 1. The number of amides is 1. The molecule has 0 aromatic rings. The molecule has 1 saturated heterocycles. The minimum Gasteiger partial charge on any atom is -0.393 e. The predicted octanol–water partition coefficient (Wildman–Crippen LogP) is 0.193. The van der Waals surface area contributed by atoms with Crippen molar-refractivity contribution < 1.29 is 9.90 Å². The molecule has 3 N–H and O–H groups in total. The largest absolute Gasteiger partial charge is 0.393 e. The van der Waals surface area contributed by atoms with Crippen LogP contribution >= 0.6 is 0 Å². The minimum atomic E-state index is -0.260. The van der Waals surface area contributed by atoms with E-state index in [1.54, 1.807) is 6.92 Å². The van der Waals surface area contributed by atoms with Crippen LogP contribution in [0.2, 0.25) is 0 Å². The standard InChI is InChI=1S/C15H29N3O2/c1-11(19)14-7-15(17-8-13-3-4-13)10-18(9-14)6-5-16-12(2)20/h11,13-15,17,19H,3-10H2,1-2H3,(H,16,20). The van der Waals surface area contributed by atoms with E-state index in [0.29, 0.717) is 18.5 Å². The lowest BCUT2D eigenvalue weighted by Crippen LogP contribution is -2.53. The number of aliphatic hydroxyl groups excluding tert-OH is 1. The average Bonchev–Trinajstić information content (AvgIpc) is 3.19. The van der Waals surface area contributed by atoms with E-state index in [4.69, 9.17) is 0 Å². The van der Waals surface area contributed by atoms with Crippen LogP contribution in [-0.2, 0) is 4.79 Å². The second-order valence-electron chi connectivity index (χ2n) is 6.53. The molecule has 0 aromatic carbocycles. The molecule has 116 valence electrons. The van der Waals surface area contributed by atoms with Gasteiger partial charge in [0.2, 0.25) is 5.91 Å². The molecule has 1 heterocycles. The number of rotatable bonds is 7. The molecule has 1 aliphatic carbocycles. The maximum absolute atomic E-state index is 10.9. The van der Waals surface area contributed by atoms with Crippen molar-refractivity contribution in [3.05, 3.63) is 0 Å². The van der Waals surface area contributed by atoms with E-state index in [-0.39, 0.29) is 12.0 Å². The van der Waals surface area contributed by atoms with Crippen LogP contribution in [-0.4, -0.2) is 60.8 Å². The van der Waals surface area contributed by atoms with Crippen molar-refractivity contribution in [2.24, 2.45) is 11.8 Å². The number of hydrogen-bond donors (Lipinski definition) is 3. The van der Waals surface area contributed by atoms with E-state index in [1.807, 2.05) is 6.92 Å². The first-order valence-corrected chi connectivity index (χ1v) is 7.93. The van der Waals surface area contributed by atoms with Crippen LogP contribution in [0, 0.1) is 11.8 Å². The zero-order chi connectivity index (χ0) is 14.5. The van der Waals surface area contributed by atoms with E-state index >= 15 is 0 Å². The van der Waals surface area contributed by atoms with Crippen LogP contribution in [0.1, 0.15) is 33.1 Å². The molecular weight excluding hydrogens is 254 g/mol. The lowest BCUT2D eigenvalue weighted by molar-refractivity contribution is -0.119. The van der Waals surface area contributed by atoms with Gasteiger partial charge in [-0.3, -0.25) is 9.69 Å². The van der Waals surface area contributed by atoms with Gasteiger partial charge in [-0.05, 0) is 44.6 Å². The summed E-state index contributed by atoms with van der Waals surface area (Å²) in [5, 5.41) is 16.4. The van der Waals surface area contributed by atoms with Gasteiger partial charge in [0.1, 0.15) is 0 Å². The average molecular weight is 283 g/mol. The SMILES string of the molecule is CC(=O)NCCN1CC(NCC2CC2)CC(C(C)O)C1. The van der Waals surface area contributed by atoms with E-state index in [2.05, 4.69) is 15.5 Å². The fraction of sp³-hybridized carbons (Fsp3) is 0.933. The zero-order valence-corrected chi connectivity index (χ0v) is 12.8. The van der Waals surface area contributed by atoms with Gasteiger partial charge >= 0.3 is 0 Å². The van der Waals surface area contributed by atoms with Crippen LogP contribution in [0.4, 0.5) is 0 Å². The molecule has 1 aliphatic heterocycles. The van der Waals surface area contributed by atoms with Crippen molar-refractivity contribution in [2.45, 2.75) is 45.3 Å². The summed E-state index contributed by atoms with van der Waals surface area (Å²) in [5.41, 5.74) is 0. The summed E-state index contributed by atoms with van der Waals surface area (Å²) in [6.07, 6.45) is 3.53. The Labute approximate surface area is 122 Å². The summed E-state index contributed by atoms with van der Waals surface area (Å²) in [4.78, 5) is 13.3. The molecule has 5 heteroatoms. The number of likely N-dealkylation sites (tertiary alicyclic amines) is 1.